The molecule has 0 aliphatic carbocycles. The van der Waals surface area contributed by atoms with Crippen LogP contribution in [0.1, 0.15) is 361 Å². The molecule has 0 aromatic rings. The number of unbranched alkanes of at least 4 members (excludes halogenated alkanes) is 37. The molecule has 0 rings (SSSR count). The molecule has 0 N–H and O–H groups in total. The molecule has 0 heterocycles. The Labute approximate surface area is 630 Å². The topological polar surface area (TPSA) is 111 Å². The van der Waals surface area contributed by atoms with Gasteiger partial charge < -0.3 is 27.9 Å². The number of ether oxygens (including phenoxy) is 2. The van der Waals surface area contributed by atoms with Crippen molar-refractivity contribution in [3.05, 3.63) is 158 Å². The van der Waals surface area contributed by atoms with Gasteiger partial charge in [-0.15, -0.1) is 0 Å². The molecule has 2 unspecified atom stereocenters. The lowest BCUT2D eigenvalue weighted by Gasteiger charge is -2.28. The van der Waals surface area contributed by atoms with E-state index in [4.69, 9.17) is 18.5 Å². The first kappa shape index (κ1) is 97.6. The number of phosphoric ester groups is 1. The minimum atomic E-state index is -4.66. The quantitative estimate of drug-likeness (QED) is 0.0195. The summed E-state index contributed by atoms with van der Waals surface area (Å²) < 4.78 is 34.4. The summed E-state index contributed by atoms with van der Waals surface area (Å²) in [5.74, 6) is -0.834. The summed E-state index contributed by atoms with van der Waals surface area (Å²) in [5.41, 5.74) is 0. The van der Waals surface area contributed by atoms with Crippen molar-refractivity contribution in [1.29, 1.82) is 0 Å². The number of hydrogen-bond acceptors (Lipinski definition) is 8. The number of carbonyl (C=O) groups excluding carboxylic acids is 2. The molecule has 0 aliphatic heterocycles. The lowest BCUT2D eigenvalue weighted by Crippen LogP contribution is -2.37. The Morgan fingerprint density at radius 3 is 0.784 bits per heavy atom. The van der Waals surface area contributed by atoms with E-state index in [2.05, 4.69) is 172 Å². The summed E-state index contributed by atoms with van der Waals surface area (Å²) in [6.45, 7) is 4.03. The molecule has 584 valence electrons. The second-order valence-corrected chi connectivity index (χ2v) is 30.5. The Balaban J connectivity index is 3.96. The van der Waals surface area contributed by atoms with Gasteiger partial charge in [-0.05, 0) is 122 Å². The number of phosphoric acid groups is 1. The number of hydrogen-bond donors (Lipinski definition) is 0. The fourth-order valence-corrected chi connectivity index (χ4v) is 12.4. The average Bonchev–Trinajstić information content (AvgIpc) is 0.913. The van der Waals surface area contributed by atoms with Crippen LogP contribution in [0.5, 0.6) is 0 Å². The summed E-state index contributed by atoms with van der Waals surface area (Å²) in [5, 5.41) is 0. The van der Waals surface area contributed by atoms with Crippen LogP contribution in [0, 0.1) is 0 Å². The molecule has 0 saturated carbocycles. The lowest BCUT2D eigenvalue weighted by molar-refractivity contribution is -0.870. The van der Waals surface area contributed by atoms with Crippen LogP contribution < -0.4 is 4.89 Å². The van der Waals surface area contributed by atoms with Gasteiger partial charge >= 0.3 is 11.9 Å². The zero-order chi connectivity index (χ0) is 74.0. The summed E-state index contributed by atoms with van der Waals surface area (Å²) in [7, 11) is 1.16. The second kappa shape index (κ2) is 80.7. The van der Waals surface area contributed by atoms with Crippen LogP contribution >= 0.6 is 7.82 Å². The van der Waals surface area contributed by atoms with E-state index in [0.29, 0.717) is 17.4 Å². The molecule has 0 fully saturated rings. The molecule has 0 spiro atoms. The third kappa shape index (κ3) is 84.6. The van der Waals surface area contributed by atoms with Crippen LogP contribution in [0.15, 0.2) is 158 Å². The highest BCUT2D eigenvalue weighted by Gasteiger charge is 2.22. The van der Waals surface area contributed by atoms with Crippen LogP contribution in [-0.4, -0.2) is 70.0 Å². The van der Waals surface area contributed by atoms with Gasteiger partial charge in [-0.1, -0.05) is 384 Å². The van der Waals surface area contributed by atoms with E-state index in [9.17, 15) is 19.0 Å². The van der Waals surface area contributed by atoms with Crippen LogP contribution in [0.4, 0.5) is 0 Å². The maximum absolute atomic E-state index is 12.9. The zero-order valence-electron chi connectivity index (χ0n) is 66.8. The standard InChI is InChI=1S/C92H158NO8P/c1-6-8-10-12-14-16-18-20-22-24-26-28-30-32-34-36-38-40-42-44-45-46-47-49-50-52-54-56-58-60-62-64-66-68-70-72-74-76-78-80-82-84-91(94)98-88-90(89-100-102(96,97)99-87-86-93(3,4)5)101-92(95)85-83-81-79-77-75-73-71-69-67-65-63-61-59-57-55-53-51-48-43-41-39-37-35-33-31-29-27-25-23-21-19-17-15-13-11-9-7-2/h8-11,14-17,20-23,26-29,33,35,39,41,48,51,55,57,61,63,90H,6-7,12-13,18-19,24-25,30-32,34,36-38,40,42-47,49-50,52-54,56,58-60,62,64-89H2,1-5H3/b10-8-,11-9-,16-14-,17-15-,22-20-,23-21-,28-26-,29-27-,35-33-,41-39-,51-48-,57-55-,63-61-. The van der Waals surface area contributed by atoms with E-state index in [1.54, 1.807) is 0 Å². The highest BCUT2D eigenvalue weighted by molar-refractivity contribution is 7.45. The van der Waals surface area contributed by atoms with E-state index >= 15 is 0 Å². The Morgan fingerprint density at radius 2 is 0.529 bits per heavy atom. The molecule has 0 amide bonds. The molecule has 102 heavy (non-hydrogen) atoms. The van der Waals surface area contributed by atoms with Crippen molar-refractivity contribution in [2.24, 2.45) is 0 Å². The Bertz CT molecular complexity index is 2290. The molecule has 10 heteroatoms. The summed E-state index contributed by atoms with van der Waals surface area (Å²) in [4.78, 5) is 38.2. The first-order valence-corrected chi connectivity index (χ1v) is 43.7. The van der Waals surface area contributed by atoms with Crippen LogP contribution in [0.3, 0.4) is 0 Å². The molecule has 0 radical (unpaired) electrons. The Morgan fingerprint density at radius 1 is 0.304 bits per heavy atom. The zero-order valence-corrected chi connectivity index (χ0v) is 67.7. The number of quaternary nitrogens is 1. The van der Waals surface area contributed by atoms with Gasteiger partial charge in [0.2, 0.25) is 0 Å². The molecule has 0 aromatic heterocycles. The van der Waals surface area contributed by atoms with Crippen LogP contribution in [0.2, 0.25) is 0 Å². The van der Waals surface area contributed by atoms with E-state index in [1.807, 2.05) is 21.1 Å². The highest BCUT2D eigenvalue weighted by atomic mass is 31.2. The van der Waals surface area contributed by atoms with Gasteiger partial charge in [-0.25, -0.2) is 0 Å². The minimum absolute atomic E-state index is 0.0368. The predicted molar refractivity (Wildman–Crippen MR) is 443 cm³/mol. The SMILES string of the molecule is CC/C=C\C/C=C\C/C=C\C/C=C\C/C=C\C/C=C\C/C=C\C/C=C\C/C=C\CCCCCCCCCCCC(=O)OC(COC(=O)CCCCCCCCCCCCCCCCCCCCCCCCCCCCCC/C=C\C/C=C\C/C=C\C/C=C\CC)COP(=O)([O-])OCC[N+](C)(C)C. The average molecular weight is 1440 g/mol. The number of nitrogens with zero attached hydrogens (tertiary/aromatic N) is 1. The summed E-state index contributed by atoms with van der Waals surface area (Å²) >= 11 is 0. The van der Waals surface area contributed by atoms with E-state index < -0.39 is 26.5 Å². The maximum atomic E-state index is 12.9. The number of carbonyl (C=O) groups is 2. The monoisotopic (exact) mass is 1440 g/mol. The molecule has 9 nitrogen and oxygen atoms in total. The third-order valence-electron chi connectivity index (χ3n) is 18.0. The number of esters is 2. The molecular weight excluding hydrogens is 1280 g/mol. The summed E-state index contributed by atoms with van der Waals surface area (Å²) in [6.07, 6.45) is 121. The smallest absolute Gasteiger partial charge is 0.306 e. The molecule has 0 bridgehead atoms. The third-order valence-corrected chi connectivity index (χ3v) is 19.0. The van der Waals surface area contributed by atoms with E-state index in [0.717, 1.165) is 128 Å². The Hall–Kier alpha value is -4.37. The molecule has 2 atom stereocenters. The van der Waals surface area contributed by atoms with Crippen LogP contribution in [0.25, 0.3) is 0 Å². The normalized spacial score (nSPS) is 13.8. The van der Waals surface area contributed by atoms with Crippen molar-refractivity contribution in [3.63, 3.8) is 0 Å². The van der Waals surface area contributed by atoms with Crippen molar-refractivity contribution in [2.75, 3.05) is 47.5 Å². The number of allylic oxidation sites excluding steroid dienone is 26. The van der Waals surface area contributed by atoms with Crippen molar-refractivity contribution >= 4 is 19.8 Å². The van der Waals surface area contributed by atoms with E-state index in [1.165, 1.54) is 199 Å². The predicted octanol–water partition coefficient (Wildman–Crippen LogP) is 28.0. The second-order valence-electron chi connectivity index (χ2n) is 29.1. The fourth-order valence-electron chi connectivity index (χ4n) is 11.7. The van der Waals surface area contributed by atoms with Gasteiger partial charge in [0.25, 0.3) is 7.82 Å². The minimum Gasteiger partial charge on any atom is -0.756 e. The van der Waals surface area contributed by atoms with Gasteiger partial charge in [-0.2, -0.15) is 0 Å². The number of likely N-dealkylation sites (N-methyl/N-ethyl adjacent to an activating group) is 1. The molecule has 0 saturated heterocycles. The van der Waals surface area contributed by atoms with Crippen molar-refractivity contribution in [2.45, 2.75) is 367 Å². The van der Waals surface area contributed by atoms with Crippen molar-refractivity contribution < 1.29 is 42.1 Å². The van der Waals surface area contributed by atoms with Gasteiger partial charge in [0.1, 0.15) is 19.8 Å². The van der Waals surface area contributed by atoms with Gasteiger partial charge in [0.05, 0.1) is 27.7 Å². The van der Waals surface area contributed by atoms with Gasteiger partial charge in [-0.3, -0.25) is 14.2 Å². The maximum Gasteiger partial charge on any atom is 0.306 e. The van der Waals surface area contributed by atoms with Crippen molar-refractivity contribution in [3.8, 4) is 0 Å². The van der Waals surface area contributed by atoms with E-state index in [-0.39, 0.29) is 32.0 Å². The largest absolute Gasteiger partial charge is 0.756 e. The number of rotatable bonds is 77. The lowest BCUT2D eigenvalue weighted by atomic mass is 10.0. The van der Waals surface area contributed by atoms with Crippen molar-refractivity contribution in [1.82, 2.24) is 0 Å². The molecular formula is C92H158NO8P. The summed E-state index contributed by atoms with van der Waals surface area (Å²) in [6, 6.07) is 0. The highest BCUT2D eigenvalue weighted by Crippen LogP contribution is 2.38. The van der Waals surface area contributed by atoms with Crippen LogP contribution in [-0.2, 0) is 32.7 Å². The molecule has 0 aliphatic rings. The Kier molecular flexibility index (Phi) is 77.3. The first-order chi connectivity index (χ1) is 50.0. The van der Waals surface area contributed by atoms with Gasteiger partial charge in [0.15, 0.2) is 6.10 Å². The van der Waals surface area contributed by atoms with Gasteiger partial charge in [0, 0.05) is 12.8 Å². The first-order valence-electron chi connectivity index (χ1n) is 42.2. The molecule has 0 aromatic carbocycles. The fraction of sp³-hybridized carbons (Fsp3) is 0.696.